The van der Waals surface area contributed by atoms with Gasteiger partial charge < -0.3 is 10.0 Å². The molecular formula is C20H15FN4O4S. The molecule has 1 fully saturated rings. The number of nitrogens with zero attached hydrogens (tertiary/aromatic N) is 4. The Morgan fingerprint density at radius 1 is 1.40 bits per heavy atom. The molecule has 0 amide bonds. The van der Waals surface area contributed by atoms with Crippen LogP contribution in [-0.4, -0.2) is 44.5 Å². The number of carbonyl (C=O) groups is 2. The first-order chi connectivity index (χ1) is 14.4. The molecule has 10 heteroatoms. The molecule has 1 N–H and O–H groups in total. The van der Waals surface area contributed by atoms with Crippen molar-refractivity contribution in [1.82, 2.24) is 14.5 Å². The molecule has 0 unspecified atom stereocenters. The van der Waals surface area contributed by atoms with Crippen LogP contribution in [0.15, 0.2) is 28.6 Å². The summed E-state index contributed by atoms with van der Waals surface area (Å²) in [7, 11) is 0. The second-order valence-corrected chi connectivity index (χ2v) is 7.67. The summed E-state index contributed by atoms with van der Waals surface area (Å²) in [4.78, 5) is 46.2. The van der Waals surface area contributed by atoms with E-state index in [0.717, 1.165) is 12.3 Å². The number of rotatable bonds is 6. The van der Waals surface area contributed by atoms with E-state index in [1.165, 1.54) is 22.1 Å². The van der Waals surface area contributed by atoms with Gasteiger partial charge in [-0.15, -0.1) is 23.7 Å². The maximum Gasteiger partial charge on any atom is 0.341 e. The molecule has 0 bridgehead atoms. The Morgan fingerprint density at radius 2 is 2.17 bits per heavy atom. The zero-order valence-corrected chi connectivity index (χ0v) is 16.4. The highest BCUT2D eigenvalue weighted by atomic mass is 32.1. The minimum atomic E-state index is -1.42. The number of hydrogen-bond acceptors (Lipinski definition) is 7. The maximum atomic E-state index is 14.8. The average molecular weight is 426 g/mol. The van der Waals surface area contributed by atoms with Gasteiger partial charge in [0.05, 0.1) is 11.3 Å². The van der Waals surface area contributed by atoms with Gasteiger partial charge in [-0.25, -0.2) is 19.2 Å². The SMILES string of the molecule is C#CCCC(=O)C1CN(c2nc3c(cc2F)c(=O)c(C(=O)O)cn3-c2nccs2)C1. The normalized spacial score (nSPS) is 13.8. The van der Waals surface area contributed by atoms with Gasteiger partial charge in [-0.05, 0) is 6.07 Å². The summed E-state index contributed by atoms with van der Waals surface area (Å²) in [5.41, 5.74) is -1.23. The second-order valence-electron chi connectivity index (χ2n) is 6.80. The van der Waals surface area contributed by atoms with E-state index in [9.17, 15) is 23.9 Å². The average Bonchev–Trinajstić information content (AvgIpc) is 3.20. The van der Waals surface area contributed by atoms with E-state index >= 15 is 0 Å². The largest absolute Gasteiger partial charge is 0.477 e. The molecule has 0 spiro atoms. The fourth-order valence-corrected chi connectivity index (χ4v) is 3.94. The molecule has 4 rings (SSSR count). The quantitative estimate of drug-likeness (QED) is 0.602. The number of carboxylic acid groups (broad SMARTS) is 1. The number of thiazole rings is 1. The van der Waals surface area contributed by atoms with E-state index in [2.05, 4.69) is 15.9 Å². The zero-order chi connectivity index (χ0) is 21.4. The molecule has 152 valence electrons. The van der Waals surface area contributed by atoms with Crippen LogP contribution in [0.1, 0.15) is 23.2 Å². The number of carboxylic acids is 1. The third-order valence-electron chi connectivity index (χ3n) is 4.92. The van der Waals surface area contributed by atoms with E-state index in [1.54, 1.807) is 10.3 Å². The minimum absolute atomic E-state index is 0.00344. The van der Waals surface area contributed by atoms with Crippen molar-refractivity contribution < 1.29 is 19.1 Å². The molecule has 0 aliphatic carbocycles. The first-order valence-electron chi connectivity index (χ1n) is 9.01. The van der Waals surface area contributed by atoms with Gasteiger partial charge in [-0.3, -0.25) is 14.2 Å². The number of aromatic carboxylic acids is 1. The standard InChI is InChI=1S/C20H15FN4O4S/c1-2-3-4-15(26)11-8-24(9-11)18-14(21)7-12-16(27)13(19(28)29)10-25(17(12)23-18)20-22-5-6-30-20/h1,5-7,10-11H,3-4,8-9H2,(H,28,29). The third kappa shape index (κ3) is 3.33. The number of aromatic nitrogens is 3. The van der Waals surface area contributed by atoms with Gasteiger partial charge in [-0.1, -0.05) is 0 Å². The maximum absolute atomic E-state index is 14.8. The van der Waals surface area contributed by atoms with Crippen molar-refractivity contribution in [2.75, 3.05) is 18.0 Å². The summed E-state index contributed by atoms with van der Waals surface area (Å²) in [5.74, 6) is 0.0163. The summed E-state index contributed by atoms with van der Waals surface area (Å²) < 4.78 is 16.1. The van der Waals surface area contributed by atoms with Crippen molar-refractivity contribution in [2.24, 2.45) is 5.92 Å². The lowest BCUT2D eigenvalue weighted by atomic mass is 9.92. The number of terminal acetylenes is 1. The molecule has 0 radical (unpaired) electrons. The fourth-order valence-electron chi connectivity index (χ4n) is 3.32. The number of carbonyl (C=O) groups excluding carboxylic acids is 1. The summed E-state index contributed by atoms with van der Waals surface area (Å²) in [6.45, 7) is 0.598. The first kappa shape index (κ1) is 19.7. The molecular weight excluding hydrogens is 411 g/mol. The van der Waals surface area contributed by atoms with Crippen LogP contribution in [0.4, 0.5) is 10.2 Å². The highest BCUT2D eigenvalue weighted by Gasteiger charge is 2.34. The van der Waals surface area contributed by atoms with E-state index < -0.39 is 22.8 Å². The van der Waals surface area contributed by atoms with Crippen molar-refractivity contribution in [3.05, 3.63) is 45.4 Å². The number of pyridine rings is 2. The molecule has 4 heterocycles. The van der Waals surface area contributed by atoms with Crippen molar-refractivity contribution in [1.29, 1.82) is 0 Å². The van der Waals surface area contributed by atoms with Gasteiger partial charge in [0, 0.05) is 43.7 Å². The molecule has 1 aliphatic heterocycles. The molecule has 0 aromatic carbocycles. The smallest absolute Gasteiger partial charge is 0.341 e. The van der Waals surface area contributed by atoms with Crippen molar-refractivity contribution >= 4 is 39.9 Å². The van der Waals surface area contributed by atoms with Crippen LogP contribution in [0, 0.1) is 24.1 Å². The highest BCUT2D eigenvalue weighted by Crippen LogP contribution is 2.29. The predicted octanol–water partition coefficient (Wildman–Crippen LogP) is 2.10. The van der Waals surface area contributed by atoms with Crippen LogP contribution in [0.2, 0.25) is 0 Å². The highest BCUT2D eigenvalue weighted by molar-refractivity contribution is 7.12. The van der Waals surface area contributed by atoms with Crippen molar-refractivity contribution in [2.45, 2.75) is 12.8 Å². The monoisotopic (exact) mass is 426 g/mol. The molecule has 30 heavy (non-hydrogen) atoms. The number of halogens is 1. The number of hydrogen-bond donors (Lipinski definition) is 1. The van der Waals surface area contributed by atoms with Crippen LogP contribution in [0.25, 0.3) is 16.2 Å². The van der Waals surface area contributed by atoms with Gasteiger partial charge in [-0.2, -0.15) is 0 Å². The Balaban J connectivity index is 1.77. The van der Waals surface area contributed by atoms with Crippen LogP contribution in [0.5, 0.6) is 0 Å². The van der Waals surface area contributed by atoms with Crippen LogP contribution < -0.4 is 10.3 Å². The first-order valence-corrected chi connectivity index (χ1v) is 9.89. The van der Waals surface area contributed by atoms with Gasteiger partial charge in [0.2, 0.25) is 5.43 Å². The van der Waals surface area contributed by atoms with Crippen molar-refractivity contribution in [3.8, 4) is 17.5 Å². The molecule has 0 saturated carbocycles. The van der Waals surface area contributed by atoms with Crippen molar-refractivity contribution in [3.63, 3.8) is 0 Å². The van der Waals surface area contributed by atoms with E-state index in [1.807, 2.05) is 0 Å². The lowest BCUT2D eigenvalue weighted by Gasteiger charge is -2.39. The van der Waals surface area contributed by atoms with Crippen LogP contribution >= 0.6 is 11.3 Å². The Hall–Kier alpha value is -3.58. The molecule has 1 aliphatic rings. The van der Waals surface area contributed by atoms with Gasteiger partial charge in [0.1, 0.15) is 11.3 Å². The Morgan fingerprint density at radius 3 is 2.80 bits per heavy atom. The molecule has 3 aromatic heterocycles. The summed E-state index contributed by atoms with van der Waals surface area (Å²) in [6, 6.07) is 0.990. The van der Waals surface area contributed by atoms with Crippen LogP contribution in [0.3, 0.4) is 0 Å². The molecule has 3 aromatic rings. The van der Waals surface area contributed by atoms with E-state index in [-0.39, 0.29) is 35.0 Å². The molecule has 8 nitrogen and oxygen atoms in total. The molecule has 1 saturated heterocycles. The van der Waals surface area contributed by atoms with Gasteiger partial charge in [0.25, 0.3) is 0 Å². The Labute approximate surface area is 173 Å². The minimum Gasteiger partial charge on any atom is -0.477 e. The topological polar surface area (TPSA) is 105 Å². The number of Topliss-reactive ketones (excluding diaryl/α,β-unsaturated/α-hetero) is 1. The van der Waals surface area contributed by atoms with E-state index in [4.69, 9.17) is 6.42 Å². The Bertz CT molecular complexity index is 1260. The van der Waals surface area contributed by atoms with Gasteiger partial charge >= 0.3 is 5.97 Å². The lowest BCUT2D eigenvalue weighted by Crippen LogP contribution is -2.51. The number of ketones is 1. The number of anilines is 1. The third-order valence-corrected chi connectivity index (χ3v) is 5.69. The summed E-state index contributed by atoms with van der Waals surface area (Å²) in [5, 5.41) is 11.3. The second kappa shape index (κ2) is 7.68. The van der Waals surface area contributed by atoms with E-state index in [0.29, 0.717) is 24.6 Å². The summed E-state index contributed by atoms with van der Waals surface area (Å²) in [6.07, 6.45) is 8.50. The Kier molecular flexibility index (Phi) is 5.05. The fraction of sp³-hybridized carbons (Fsp3) is 0.250. The van der Waals surface area contributed by atoms with Gasteiger partial charge in [0.15, 0.2) is 22.4 Å². The summed E-state index contributed by atoms with van der Waals surface area (Å²) >= 11 is 1.22. The van der Waals surface area contributed by atoms with Crippen LogP contribution in [-0.2, 0) is 4.79 Å². The molecule has 0 atom stereocenters. The number of fused-ring (bicyclic) bond motifs is 1. The predicted molar refractivity (Wildman–Crippen MR) is 109 cm³/mol. The zero-order valence-electron chi connectivity index (χ0n) is 15.5. The lowest BCUT2D eigenvalue weighted by molar-refractivity contribution is -0.123.